The van der Waals surface area contributed by atoms with E-state index >= 15 is 0 Å². The maximum atomic E-state index is 12.1. The van der Waals surface area contributed by atoms with Crippen LogP contribution in [-0.2, 0) is 9.59 Å². The normalized spacial score (nSPS) is 48.0. The number of fused-ring (bicyclic) bond motifs is 1. The molecule has 3 heteroatoms. The Morgan fingerprint density at radius 2 is 1.90 bits per heavy atom. The topological polar surface area (TPSA) is 54.4 Å². The number of ketones is 1. The van der Waals surface area contributed by atoms with E-state index in [4.69, 9.17) is 0 Å². The number of hydrogen-bond acceptors (Lipinski definition) is 2. The number of aliphatic carboxylic acids is 1. The average Bonchev–Trinajstić information content (AvgIpc) is 2.58. The van der Waals surface area contributed by atoms with Crippen molar-refractivity contribution in [2.24, 2.45) is 28.1 Å². The second-order valence-electron chi connectivity index (χ2n) is 8.27. The maximum absolute atomic E-state index is 12.1. The molecule has 5 unspecified atom stereocenters. The molecule has 1 N–H and O–H groups in total. The summed E-state index contributed by atoms with van der Waals surface area (Å²) in [6, 6.07) is 0. The zero-order valence-corrected chi connectivity index (χ0v) is 13.3. The minimum atomic E-state index is -0.767. The molecule has 2 saturated carbocycles. The fraction of sp³-hybridized carbons (Fsp3) is 0.778. The Kier molecular flexibility index (Phi) is 3.13. The van der Waals surface area contributed by atoms with Crippen LogP contribution in [0.25, 0.3) is 0 Å². The van der Waals surface area contributed by atoms with Crippen molar-refractivity contribution in [3.05, 3.63) is 12.2 Å². The van der Waals surface area contributed by atoms with E-state index in [2.05, 4.69) is 26.0 Å². The number of rotatable bonds is 3. The molecule has 0 radical (unpaired) electrons. The van der Waals surface area contributed by atoms with Crippen molar-refractivity contribution >= 4 is 11.8 Å². The number of hydrogen-bond donors (Lipinski definition) is 1. The van der Waals surface area contributed by atoms with Crippen LogP contribution in [0.5, 0.6) is 0 Å². The van der Waals surface area contributed by atoms with Gasteiger partial charge in [-0.15, -0.1) is 0 Å². The number of carboxylic acid groups (broad SMARTS) is 1. The van der Waals surface area contributed by atoms with Gasteiger partial charge in [-0.2, -0.15) is 0 Å². The summed E-state index contributed by atoms with van der Waals surface area (Å²) in [6.07, 6.45) is 10.1. The lowest BCUT2D eigenvalue weighted by Crippen LogP contribution is -2.53. The van der Waals surface area contributed by atoms with E-state index in [1.807, 2.05) is 0 Å². The summed E-state index contributed by atoms with van der Waals surface area (Å²) < 4.78 is 0. The van der Waals surface area contributed by atoms with Crippen molar-refractivity contribution < 1.29 is 14.7 Å². The van der Waals surface area contributed by atoms with Gasteiger partial charge in [-0.05, 0) is 61.2 Å². The molecule has 0 heterocycles. The quantitative estimate of drug-likeness (QED) is 0.804. The lowest BCUT2D eigenvalue weighted by molar-refractivity contribution is -0.152. The minimum absolute atomic E-state index is 0.0948. The minimum Gasteiger partial charge on any atom is -0.481 e. The molecule has 116 valence electrons. The van der Waals surface area contributed by atoms with E-state index in [1.165, 1.54) is 0 Å². The first-order valence-electron chi connectivity index (χ1n) is 8.14. The zero-order chi connectivity index (χ0) is 15.5. The molecule has 0 aromatic rings. The summed E-state index contributed by atoms with van der Waals surface area (Å²) in [5.41, 5.74) is 0.0404. The number of carboxylic acids is 1. The molecule has 3 nitrogen and oxygen atoms in total. The van der Waals surface area contributed by atoms with Crippen molar-refractivity contribution in [2.75, 3.05) is 0 Å². The Morgan fingerprint density at radius 3 is 2.52 bits per heavy atom. The molecular weight excluding hydrogens is 264 g/mol. The van der Waals surface area contributed by atoms with Gasteiger partial charge in [-0.25, -0.2) is 0 Å². The van der Waals surface area contributed by atoms with Gasteiger partial charge in [-0.3, -0.25) is 9.59 Å². The van der Waals surface area contributed by atoms with Gasteiger partial charge in [0, 0.05) is 5.92 Å². The molecule has 3 rings (SSSR count). The highest BCUT2D eigenvalue weighted by atomic mass is 16.4. The van der Waals surface area contributed by atoms with Crippen LogP contribution in [0.2, 0.25) is 0 Å². The molecule has 2 fully saturated rings. The molecule has 0 amide bonds. The van der Waals surface area contributed by atoms with E-state index in [0.717, 1.165) is 32.1 Å². The predicted molar refractivity (Wildman–Crippen MR) is 80.8 cm³/mol. The Labute approximate surface area is 126 Å². The Bertz CT molecular complexity index is 523. The first-order chi connectivity index (χ1) is 9.71. The standard InChI is InChI=1S/C18H26O3/c1-12(19)13-4-7-18-9-8-16(2,11-18)6-5-14(18)17(13,3)10-15(20)21/h8-9,13-14H,4-7,10-11H2,1-3H3,(H,20,21). The lowest BCUT2D eigenvalue weighted by atomic mass is 9.45. The van der Waals surface area contributed by atoms with Gasteiger partial charge in [0.2, 0.25) is 0 Å². The van der Waals surface area contributed by atoms with E-state index in [0.29, 0.717) is 11.3 Å². The van der Waals surface area contributed by atoms with Crippen molar-refractivity contribution in [3.8, 4) is 0 Å². The summed E-state index contributed by atoms with van der Waals surface area (Å²) >= 11 is 0. The summed E-state index contributed by atoms with van der Waals surface area (Å²) in [5.74, 6) is -0.363. The first-order valence-corrected chi connectivity index (χ1v) is 8.14. The van der Waals surface area contributed by atoms with Gasteiger partial charge in [0.05, 0.1) is 6.42 Å². The first kappa shape index (κ1) is 14.8. The molecule has 5 atom stereocenters. The fourth-order valence-corrected chi connectivity index (χ4v) is 5.97. The van der Waals surface area contributed by atoms with Crippen LogP contribution in [0.1, 0.15) is 59.3 Å². The third-order valence-corrected chi connectivity index (χ3v) is 6.76. The average molecular weight is 290 g/mol. The van der Waals surface area contributed by atoms with Crippen molar-refractivity contribution in [2.45, 2.75) is 59.3 Å². The summed E-state index contributed by atoms with van der Waals surface area (Å²) in [5, 5.41) is 9.41. The number of carbonyl (C=O) groups excluding carboxylic acids is 1. The maximum Gasteiger partial charge on any atom is 0.303 e. The van der Waals surface area contributed by atoms with E-state index in [1.54, 1.807) is 6.92 Å². The summed E-state index contributed by atoms with van der Waals surface area (Å²) in [6.45, 7) is 6.02. The second kappa shape index (κ2) is 4.44. The Balaban J connectivity index is 2.02. The Morgan fingerprint density at radius 1 is 1.19 bits per heavy atom. The smallest absolute Gasteiger partial charge is 0.303 e. The van der Waals surface area contributed by atoms with Crippen LogP contribution < -0.4 is 0 Å². The molecule has 0 aromatic heterocycles. The highest BCUT2D eigenvalue weighted by molar-refractivity contribution is 5.80. The molecule has 21 heavy (non-hydrogen) atoms. The van der Waals surface area contributed by atoms with Crippen LogP contribution in [-0.4, -0.2) is 16.9 Å². The molecule has 2 bridgehead atoms. The third kappa shape index (κ3) is 2.08. The number of allylic oxidation sites excluding steroid dienone is 2. The molecule has 0 saturated heterocycles. The molecule has 3 aliphatic rings. The van der Waals surface area contributed by atoms with Gasteiger partial charge >= 0.3 is 5.97 Å². The van der Waals surface area contributed by atoms with Crippen molar-refractivity contribution in [1.82, 2.24) is 0 Å². The third-order valence-electron chi connectivity index (χ3n) is 6.76. The zero-order valence-electron chi connectivity index (χ0n) is 13.3. The molecule has 3 aliphatic carbocycles. The van der Waals surface area contributed by atoms with Crippen LogP contribution in [0.4, 0.5) is 0 Å². The second-order valence-corrected chi connectivity index (χ2v) is 8.27. The van der Waals surface area contributed by atoms with Gasteiger partial charge < -0.3 is 5.11 Å². The van der Waals surface area contributed by atoms with E-state index in [-0.39, 0.29) is 23.5 Å². The van der Waals surface area contributed by atoms with Crippen LogP contribution in [0.3, 0.4) is 0 Å². The van der Waals surface area contributed by atoms with Crippen LogP contribution in [0.15, 0.2) is 12.2 Å². The van der Waals surface area contributed by atoms with Crippen LogP contribution in [0, 0.1) is 28.1 Å². The summed E-state index contributed by atoms with van der Waals surface area (Å²) in [7, 11) is 0. The highest BCUT2D eigenvalue weighted by Crippen LogP contribution is 2.67. The molecule has 0 aromatic carbocycles. The Hall–Kier alpha value is -1.12. The lowest BCUT2D eigenvalue weighted by Gasteiger charge is -2.58. The SMILES string of the molecule is CC(=O)C1CCC23C=CC(C)(CCC2C1(C)CC(=O)O)C3. The number of Topliss-reactive ketones (excluding diaryl/α,β-unsaturated/α-hetero) is 1. The van der Waals surface area contributed by atoms with Gasteiger partial charge in [0.15, 0.2) is 0 Å². The monoisotopic (exact) mass is 290 g/mol. The predicted octanol–water partition coefficient (Wildman–Crippen LogP) is 3.83. The van der Waals surface area contributed by atoms with Gasteiger partial charge in [0.25, 0.3) is 0 Å². The molecule has 0 aliphatic heterocycles. The van der Waals surface area contributed by atoms with E-state index < -0.39 is 11.4 Å². The van der Waals surface area contributed by atoms with Gasteiger partial charge in [-0.1, -0.05) is 26.0 Å². The number of carbonyl (C=O) groups is 2. The van der Waals surface area contributed by atoms with Crippen molar-refractivity contribution in [3.63, 3.8) is 0 Å². The molecule has 1 spiro atoms. The van der Waals surface area contributed by atoms with E-state index in [9.17, 15) is 14.7 Å². The van der Waals surface area contributed by atoms with Crippen molar-refractivity contribution in [1.29, 1.82) is 0 Å². The van der Waals surface area contributed by atoms with Crippen LogP contribution >= 0.6 is 0 Å². The molecular formula is C18H26O3. The summed E-state index contributed by atoms with van der Waals surface area (Å²) in [4.78, 5) is 23.6. The largest absolute Gasteiger partial charge is 0.481 e. The van der Waals surface area contributed by atoms with Gasteiger partial charge in [0.1, 0.15) is 5.78 Å². The highest BCUT2D eigenvalue weighted by Gasteiger charge is 2.61. The fourth-order valence-electron chi connectivity index (χ4n) is 5.97.